The van der Waals surface area contributed by atoms with E-state index in [0.29, 0.717) is 25.9 Å². The number of carbonyl (C=O) groups is 1. The van der Waals surface area contributed by atoms with Crippen molar-refractivity contribution in [3.63, 3.8) is 0 Å². The Kier molecular flexibility index (Phi) is 3.89. The summed E-state index contributed by atoms with van der Waals surface area (Å²) >= 11 is 0. The lowest BCUT2D eigenvalue weighted by Gasteiger charge is -2.23. The van der Waals surface area contributed by atoms with Crippen molar-refractivity contribution in [1.82, 2.24) is 19.7 Å². The molecule has 0 saturated carbocycles. The number of rotatable bonds is 5. The number of aliphatic carboxylic acids is 1. The molecule has 1 aromatic heterocycles. The molecule has 0 radical (unpaired) electrons. The SMILES string of the molecule is CCC1(C(=O)O)CCN(Cc2ncnn2C(C)C)C1. The van der Waals surface area contributed by atoms with Crippen LogP contribution in [0.4, 0.5) is 0 Å². The lowest BCUT2D eigenvalue weighted by atomic mass is 9.84. The van der Waals surface area contributed by atoms with E-state index in [9.17, 15) is 9.90 Å². The molecule has 106 valence electrons. The van der Waals surface area contributed by atoms with Gasteiger partial charge in [0.05, 0.1) is 12.0 Å². The summed E-state index contributed by atoms with van der Waals surface area (Å²) in [5, 5.41) is 13.6. The highest BCUT2D eigenvalue weighted by atomic mass is 16.4. The van der Waals surface area contributed by atoms with Gasteiger partial charge < -0.3 is 5.11 Å². The molecule has 1 saturated heterocycles. The number of aromatic nitrogens is 3. The summed E-state index contributed by atoms with van der Waals surface area (Å²) in [6.07, 6.45) is 2.96. The second kappa shape index (κ2) is 5.28. The quantitative estimate of drug-likeness (QED) is 0.875. The van der Waals surface area contributed by atoms with E-state index in [1.165, 1.54) is 0 Å². The molecule has 1 aliphatic heterocycles. The molecule has 2 rings (SSSR count). The summed E-state index contributed by atoms with van der Waals surface area (Å²) in [5.41, 5.74) is -0.581. The van der Waals surface area contributed by atoms with Gasteiger partial charge in [0, 0.05) is 12.6 Å². The summed E-state index contributed by atoms with van der Waals surface area (Å²) < 4.78 is 1.90. The van der Waals surface area contributed by atoms with Crippen molar-refractivity contribution < 1.29 is 9.90 Å². The van der Waals surface area contributed by atoms with Crippen molar-refractivity contribution in [3.05, 3.63) is 12.2 Å². The first-order valence-electron chi connectivity index (χ1n) is 6.82. The van der Waals surface area contributed by atoms with Crippen molar-refractivity contribution >= 4 is 5.97 Å². The zero-order valence-electron chi connectivity index (χ0n) is 11.8. The molecule has 6 heteroatoms. The lowest BCUT2D eigenvalue weighted by Crippen LogP contribution is -2.34. The van der Waals surface area contributed by atoms with Gasteiger partial charge in [0.25, 0.3) is 0 Å². The van der Waals surface area contributed by atoms with E-state index in [4.69, 9.17) is 0 Å². The highest BCUT2D eigenvalue weighted by Gasteiger charge is 2.43. The van der Waals surface area contributed by atoms with E-state index in [1.54, 1.807) is 6.33 Å². The Morgan fingerprint density at radius 2 is 2.32 bits per heavy atom. The van der Waals surface area contributed by atoms with Gasteiger partial charge in [-0.15, -0.1) is 0 Å². The fourth-order valence-electron chi connectivity index (χ4n) is 2.73. The maximum atomic E-state index is 11.4. The van der Waals surface area contributed by atoms with Crippen LogP contribution < -0.4 is 0 Å². The van der Waals surface area contributed by atoms with Crippen LogP contribution in [0.5, 0.6) is 0 Å². The summed E-state index contributed by atoms with van der Waals surface area (Å²) in [5.74, 6) is 0.232. The van der Waals surface area contributed by atoms with Crippen LogP contribution in [0.3, 0.4) is 0 Å². The first-order chi connectivity index (χ1) is 8.98. The zero-order valence-corrected chi connectivity index (χ0v) is 11.8. The standard InChI is InChI=1S/C13H22N4O2/c1-4-13(12(18)19)5-6-16(8-13)7-11-14-9-15-17(11)10(2)3/h9-10H,4-8H2,1-3H3,(H,18,19). The average molecular weight is 266 g/mol. The molecule has 0 spiro atoms. The van der Waals surface area contributed by atoms with Crippen LogP contribution in [0.2, 0.25) is 0 Å². The van der Waals surface area contributed by atoms with Gasteiger partial charge in [0.15, 0.2) is 0 Å². The number of carboxylic acids is 1. The Morgan fingerprint density at radius 1 is 1.58 bits per heavy atom. The monoisotopic (exact) mass is 266 g/mol. The largest absolute Gasteiger partial charge is 0.481 e. The van der Waals surface area contributed by atoms with Crippen LogP contribution in [0.25, 0.3) is 0 Å². The number of hydrogen-bond acceptors (Lipinski definition) is 4. The van der Waals surface area contributed by atoms with Gasteiger partial charge in [-0.2, -0.15) is 5.10 Å². The predicted molar refractivity (Wildman–Crippen MR) is 70.7 cm³/mol. The van der Waals surface area contributed by atoms with Gasteiger partial charge in [0.1, 0.15) is 12.2 Å². The summed E-state index contributed by atoms with van der Waals surface area (Å²) in [6.45, 7) is 8.17. The van der Waals surface area contributed by atoms with E-state index < -0.39 is 11.4 Å². The minimum absolute atomic E-state index is 0.274. The average Bonchev–Trinajstić information content (AvgIpc) is 2.97. The Hall–Kier alpha value is -1.43. The second-order valence-corrected chi connectivity index (χ2v) is 5.61. The fourth-order valence-corrected chi connectivity index (χ4v) is 2.73. The van der Waals surface area contributed by atoms with Crippen molar-refractivity contribution in [1.29, 1.82) is 0 Å². The molecular weight excluding hydrogens is 244 g/mol. The maximum Gasteiger partial charge on any atom is 0.310 e. The number of carboxylic acid groups (broad SMARTS) is 1. The summed E-state index contributed by atoms with van der Waals surface area (Å²) in [6, 6.07) is 0.274. The topological polar surface area (TPSA) is 71.2 Å². The Labute approximate surface area is 113 Å². The molecule has 1 aliphatic rings. The van der Waals surface area contributed by atoms with E-state index in [1.807, 2.05) is 11.6 Å². The van der Waals surface area contributed by atoms with Crippen molar-refractivity contribution in [3.8, 4) is 0 Å². The fraction of sp³-hybridized carbons (Fsp3) is 0.769. The van der Waals surface area contributed by atoms with Crippen molar-refractivity contribution in [2.75, 3.05) is 13.1 Å². The molecular formula is C13H22N4O2. The van der Waals surface area contributed by atoms with E-state index >= 15 is 0 Å². The molecule has 1 fully saturated rings. The molecule has 1 N–H and O–H groups in total. The van der Waals surface area contributed by atoms with Crippen molar-refractivity contribution in [2.24, 2.45) is 5.41 Å². The van der Waals surface area contributed by atoms with E-state index in [2.05, 4.69) is 28.8 Å². The number of hydrogen-bond donors (Lipinski definition) is 1. The predicted octanol–water partition coefficient (Wildman–Crippen LogP) is 1.55. The summed E-state index contributed by atoms with van der Waals surface area (Å²) in [4.78, 5) is 17.9. The van der Waals surface area contributed by atoms with Crippen LogP contribution in [-0.4, -0.2) is 43.8 Å². The van der Waals surface area contributed by atoms with Gasteiger partial charge in [-0.1, -0.05) is 6.92 Å². The number of nitrogens with zero attached hydrogens (tertiary/aromatic N) is 4. The smallest absolute Gasteiger partial charge is 0.310 e. The number of likely N-dealkylation sites (tertiary alicyclic amines) is 1. The third-order valence-electron chi connectivity index (χ3n) is 4.06. The van der Waals surface area contributed by atoms with Gasteiger partial charge in [0.2, 0.25) is 0 Å². The maximum absolute atomic E-state index is 11.4. The minimum Gasteiger partial charge on any atom is -0.481 e. The van der Waals surface area contributed by atoms with E-state index in [0.717, 1.165) is 12.4 Å². The zero-order chi connectivity index (χ0) is 14.0. The normalized spacial score (nSPS) is 24.2. The first kappa shape index (κ1) is 14.0. The van der Waals surface area contributed by atoms with Gasteiger partial charge in [-0.3, -0.25) is 9.69 Å². The first-order valence-corrected chi connectivity index (χ1v) is 6.82. The molecule has 19 heavy (non-hydrogen) atoms. The third kappa shape index (κ3) is 2.63. The molecule has 1 aromatic rings. The molecule has 1 unspecified atom stereocenters. The minimum atomic E-state index is -0.678. The molecule has 6 nitrogen and oxygen atoms in total. The molecule has 0 aliphatic carbocycles. The van der Waals surface area contributed by atoms with Crippen LogP contribution in [0, 0.1) is 5.41 Å². The third-order valence-corrected chi connectivity index (χ3v) is 4.06. The Morgan fingerprint density at radius 3 is 2.84 bits per heavy atom. The highest BCUT2D eigenvalue weighted by Crippen LogP contribution is 2.34. The van der Waals surface area contributed by atoms with Crippen LogP contribution in [0.1, 0.15) is 45.5 Å². The lowest BCUT2D eigenvalue weighted by molar-refractivity contribution is -0.148. The van der Waals surface area contributed by atoms with Crippen LogP contribution in [0.15, 0.2) is 6.33 Å². The van der Waals surface area contributed by atoms with E-state index in [-0.39, 0.29) is 6.04 Å². The van der Waals surface area contributed by atoms with Crippen LogP contribution >= 0.6 is 0 Å². The highest BCUT2D eigenvalue weighted by molar-refractivity contribution is 5.75. The molecule has 0 amide bonds. The molecule has 2 heterocycles. The summed E-state index contributed by atoms with van der Waals surface area (Å²) in [7, 11) is 0. The Bertz CT molecular complexity index is 457. The van der Waals surface area contributed by atoms with Crippen LogP contribution in [-0.2, 0) is 11.3 Å². The second-order valence-electron chi connectivity index (χ2n) is 5.61. The molecule has 1 atom stereocenters. The van der Waals surface area contributed by atoms with Crippen molar-refractivity contribution in [2.45, 2.75) is 46.2 Å². The Balaban J connectivity index is 2.06. The molecule has 0 bridgehead atoms. The van der Waals surface area contributed by atoms with Gasteiger partial charge in [-0.25, -0.2) is 9.67 Å². The van der Waals surface area contributed by atoms with Gasteiger partial charge in [-0.05, 0) is 33.2 Å². The molecule has 0 aromatic carbocycles. The van der Waals surface area contributed by atoms with Gasteiger partial charge >= 0.3 is 5.97 Å².